The Hall–Kier alpha value is -3.78. The highest BCUT2D eigenvalue weighted by Gasteiger charge is 2.16. The molecule has 2 aromatic carbocycles. The number of fused-ring (bicyclic) bond motifs is 1. The fraction of sp³-hybridized carbons (Fsp3) is 0.308. The van der Waals surface area contributed by atoms with E-state index in [1.165, 1.54) is 0 Å². The molecule has 174 valence electrons. The molecule has 2 aromatic heterocycles. The first-order chi connectivity index (χ1) is 16.5. The number of nitrogens with one attached hydrogen (secondary N) is 2. The summed E-state index contributed by atoms with van der Waals surface area (Å²) in [6.07, 6.45) is 7.68. The Bertz CT molecular complexity index is 1310. The monoisotopic (exact) mass is 456 g/mol. The lowest BCUT2D eigenvalue weighted by molar-refractivity contribution is 0.102. The number of piperidine rings is 1. The van der Waals surface area contributed by atoms with Crippen LogP contribution < -0.4 is 15.4 Å². The Balaban J connectivity index is 1.33. The molecule has 8 nitrogen and oxygen atoms in total. The molecule has 0 saturated carbocycles. The summed E-state index contributed by atoms with van der Waals surface area (Å²) < 4.78 is 7.99. The summed E-state index contributed by atoms with van der Waals surface area (Å²) in [4.78, 5) is 21.8. The zero-order valence-corrected chi connectivity index (χ0v) is 19.4. The first-order valence-corrected chi connectivity index (χ1v) is 11.7. The Morgan fingerprint density at radius 3 is 2.76 bits per heavy atom. The summed E-state index contributed by atoms with van der Waals surface area (Å²) >= 11 is 0. The van der Waals surface area contributed by atoms with Crippen molar-refractivity contribution in [3.8, 4) is 16.9 Å². The number of hydrogen-bond acceptors (Lipinski definition) is 6. The van der Waals surface area contributed by atoms with Gasteiger partial charge in [-0.1, -0.05) is 18.2 Å². The zero-order valence-electron chi connectivity index (χ0n) is 19.4. The summed E-state index contributed by atoms with van der Waals surface area (Å²) in [6.45, 7) is 6.08. The van der Waals surface area contributed by atoms with Crippen LogP contribution in [-0.4, -0.2) is 44.8 Å². The van der Waals surface area contributed by atoms with E-state index in [1.807, 2.05) is 47.4 Å². The van der Waals surface area contributed by atoms with Gasteiger partial charge in [-0.2, -0.15) is 5.10 Å². The molecule has 0 spiro atoms. The topological polar surface area (TPSA) is 94.0 Å². The second kappa shape index (κ2) is 9.61. The number of nitrogens with zero attached hydrogens (tertiary/aromatic N) is 4. The molecule has 0 bridgehead atoms. The van der Waals surface area contributed by atoms with Crippen LogP contribution in [0.25, 0.3) is 22.0 Å². The van der Waals surface area contributed by atoms with Crippen molar-refractivity contribution in [3.05, 3.63) is 66.6 Å². The van der Waals surface area contributed by atoms with Crippen LogP contribution in [0, 0.1) is 0 Å². The third kappa shape index (κ3) is 4.92. The minimum Gasteiger partial charge on any atom is -0.490 e. The Labute approximate surface area is 198 Å². The number of ether oxygens (including phenoxy) is 1. The third-order valence-electron chi connectivity index (χ3n) is 5.96. The molecule has 4 aromatic rings. The minimum absolute atomic E-state index is 0.172. The van der Waals surface area contributed by atoms with Gasteiger partial charge in [0, 0.05) is 34.9 Å². The molecule has 0 aliphatic carbocycles. The summed E-state index contributed by atoms with van der Waals surface area (Å²) in [7, 11) is 0. The highest BCUT2D eigenvalue weighted by molar-refractivity contribution is 6.03. The molecule has 1 saturated heterocycles. The van der Waals surface area contributed by atoms with Crippen LogP contribution >= 0.6 is 0 Å². The van der Waals surface area contributed by atoms with Crippen LogP contribution in [0.1, 0.15) is 43.1 Å². The van der Waals surface area contributed by atoms with Crippen molar-refractivity contribution in [1.82, 2.24) is 25.1 Å². The highest BCUT2D eigenvalue weighted by atomic mass is 16.5. The Kier molecular flexibility index (Phi) is 6.22. The molecule has 0 unspecified atom stereocenters. The van der Waals surface area contributed by atoms with E-state index in [0.717, 1.165) is 48.0 Å². The number of carbonyl (C=O) groups excluding carboxylic acids is 1. The molecule has 2 N–H and O–H groups in total. The number of anilines is 1. The fourth-order valence-corrected chi connectivity index (χ4v) is 4.02. The molecule has 34 heavy (non-hydrogen) atoms. The van der Waals surface area contributed by atoms with E-state index in [9.17, 15) is 4.79 Å². The van der Waals surface area contributed by atoms with Crippen molar-refractivity contribution >= 4 is 22.8 Å². The van der Waals surface area contributed by atoms with Crippen LogP contribution in [0.2, 0.25) is 0 Å². The number of benzene rings is 2. The maximum atomic E-state index is 12.9. The molecule has 1 aliphatic rings. The van der Waals surface area contributed by atoms with Gasteiger partial charge in [-0.15, -0.1) is 0 Å². The number of aromatic nitrogens is 4. The quantitative estimate of drug-likeness (QED) is 0.445. The van der Waals surface area contributed by atoms with Crippen LogP contribution in [0.5, 0.6) is 5.75 Å². The van der Waals surface area contributed by atoms with Crippen LogP contribution in [0.15, 0.2) is 61.1 Å². The molecular weight excluding hydrogens is 428 g/mol. The van der Waals surface area contributed by atoms with Gasteiger partial charge in [-0.05, 0) is 69.6 Å². The van der Waals surface area contributed by atoms with Crippen molar-refractivity contribution in [2.45, 2.75) is 38.8 Å². The lowest BCUT2D eigenvalue weighted by Crippen LogP contribution is -2.34. The van der Waals surface area contributed by atoms with E-state index >= 15 is 0 Å². The first kappa shape index (κ1) is 22.0. The van der Waals surface area contributed by atoms with Gasteiger partial charge in [-0.25, -0.2) is 9.97 Å². The van der Waals surface area contributed by atoms with E-state index in [4.69, 9.17) is 4.74 Å². The van der Waals surface area contributed by atoms with Gasteiger partial charge in [0.05, 0.1) is 11.7 Å². The van der Waals surface area contributed by atoms with Crippen molar-refractivity contribution < 1.29 is 9.53 Å². The molecule has 5 rings (SSSR count). The predicted molar refractivity (Wildman–Crippen MR) is 132 cm³/mol. The molecule has 1 aliphatic heterocycles. The Morgan fingerprint density at radius 1 is 1.12 bits per heavy atom. The molecule has 0 atom stereocenters. The van der Waals surface area contributed by atoms with E-state index < -0.39 is 0 Å². The second-order valence-electron chi connectivity index (χ2n) is 8.82. The first-order valence-electron chi connectivity index (χ1n) is 11.7. The molecule has 0 radical (unpaired) electrons. The summed E-state index contributed by atoms with van der Waals surface area (Å²) in [5, 5.41) is 11.5. The SMILES string of the molecule is CC(C)n1cc(-c2ccc3cnc(NC(=O)c4cccc(OC5CCNCC5)c4)nc3c2)cn1. The number of rotatable bonds is 6. The minimum atomic E-state index is -0.274. The van der Waals surface area contributed by atoms with Crippen LogP contribution in [0.3, 0.4) is 0 Å². The highest BCUT2D eigenvalue weighted by Crippen LogP contribution is 2.25. The maximum absolute atomic E-state index is 12.9. The zero-order chi connectivity index (χ0) is 23.5. The van der Waals surface area contributed by atoms with Gasteiger partial charge >= 0.3 is 0 Å². The molecule has 8 heteroatoms. The van der Waals surface area contributed by atoms with Crippen molar-refractivity contribution in [3.63, 3.8) is 0 Å². The average molecular weight is 457 g/mol. The fourth-order valence-electron chi connectivity index (χ4n) is 4.02. The third-order valence-corrected chi connectivity index (χ3v) is 5.96. The largest absolute Gasteiger partial charge is 0.490 e. The lowest BCUT2D eigenvalue weighted by Gasteiger charge is -2.24. The summed E-state index contributed by atoms with van der Waals surface area (Å²) in [5.41, 5.74) is 3.29. The normalized spacial score (nSPS) is 14.4. The second-order valence-corrected chi connectivity index (χ2v) is 8.82. The van der Waals surface area contributed by atoms with Gasteiger partial charge in [-0.3, -0.25) is 14.8 Å². The van der Waals surface area contributed by atoms with E-state index in [-0.39, 0.29) is 18.0 Å². The van der Waals surface area contributed by atoms with Gasteiger partial charge in [0.1, 0.15) is 11.9 Å². The van der Waals surface area contributed by atoms with Gasteiger partial charge in [0.25, 0.3) is 5.91 Å². The average Bonchev–Trinajstić information content (AvgIpc) is 3.35. The van der Waals surface area contributed by atoms with Crippen LogP contribution in [-0.2, 0) is 0 Å². The van der Waals surface area contributed by atoms with Gasteiger partial charge in [0.2, 0.25) is 5.95 Å². The van der Waals surface area contributed by atoms with Gasteiger partial charge < -0.3 is 10.1 Å². The van der Waals surface area contributed by atoms with Gasteiger partial charge in [0.15, 0.2) is 0 Å². The molecule has 1 fully saturated rings. The Morgan fingerprint density at radius 2 is 1.97 bits per heavy atom. The van der Waals surface area contributed by atoms with Crippen molar-refractivity contribution in [2.24, 2.45) is 0 Å². The van der Waals surface area contributed by atoms with E-state index in [0.29, 0.717) is 17.4 Å². The van der Waals surface area contributed by atoms with Crippen molar-refractivity contribution in [1.29, 1.82) is 0 Å². The molecule has 1 amide bonds. The smallest absolute Gasteiger partial charge is 0.258 e. The van der Waals surface area contributed by atoms with E-state index in [1.54, 1.807) is 18.3 Å². The van der Waals surface area contributed by atoms with Crippen molar-refractivity contribution in [2.75, 3.05) is 18.4 Å². The molecule has 3 heterocycles. The summed E-state index contributed by atoms with van der Waals surface area (Å²) in [6, 6.07) is 13.5. The van der Waals surface area contributed by atoms with Crippen LogP contribution in [0.4, 0.5) is 5.95 Å². The van der Waals surface area contributed by atoms with E-state index in [2.05, 4.69) is 39.5 Å². The maximum Gasteiger partial charge on any atom is 0.258 e. The number of carbonyl (C=O) groups is 1. The summed E-state index contributed by atoms with van der Waals surface area (Å²) in [5.74, 6) is 0.687. The number of hydrogen-bond donors (Lipinski definition) is 2. The standard InChI is InChI=1S/C26H28N6O2/c1-17(2)32-16-21(15-29-32)18-6-7-20-14-28-26(30-24(20)13-18)31-25(33)19-4-3-5-23(12-19)34-22-8-10-27-11-9-22/h3-7,12-17,22,27H,8-11H2,1-2H3,(H,28,30,31,33). The number of amides is 1. The molecular formula is C26H28N6O2. The lowest BCUT2D eigenvalue weighted by atomic mass is 10.1. The predicted octanol–water partition coefficient (Wildman–Crippen LogP) is 4.46.